The van der Waals surface area contributed by atoms with Crippen molar-refractivity contribution in [2.75, 3.05) is 24.7 Å². The molecular weight excluding hydrogens is 320 g/mol. The second kappa shape index (κ2) is 5.30. The molecule has 2 aliphatic heterocycles. The molecule has 0 spiro atoms. The topological polar surface area (TPSA) is 40.6 Å². The van der Waals surface area contributed by atoms with E-state index < -0.39 is 11.7 Å². The van der Waals surface area contributed by atoms with Crippen molar-refractivity contribution in [1.82, 2.24) is 4.90 Å². The molecule has 1 amide bonds. The van der Waals surface area contributed by atoms with E-state index in [-0.39, 0.29) is 0 Å². The maximum atomic E-state index is 12.1. The van der Waals surface area contributed by atoms with Gasteiger partial charge in [0.1, 0.15) is 0 Å². The summed E-state index contributed by atoms with van der Waals surface area (Å²) in [5, 5.41) is 0. The summed E-state index contributed by atoms with van der Waals surface area (Å²) in [5.74, 6) is -0.0433. The molecule has 3 rings (SSSR count). The highest BCUT2D eigenvalue weighted by Crippen LogP contribution is 2.32. The highest BCUT2D eigenvalue weighted by molar-refractivity contribution is 9.10. The highest BCUT2D eigenvalue weighted by atomic mass is 79.9. The summed E-state index contributed by atoms with van der Waals surface area (Å²) in [5.41, 5.74) is 1.25. The number of carbonyl (C=O) groups is 2. The van der Waals surface area contributed by atoms with Crippen molar-refractivity contribution in [1.29, 1.82) is 0 Å². The van der Waals surface area contributed by atoms with Crippen LogP contribution in [0.25, 0.3) is 0 Å². The summed E-state index contributed by atoms with van der Waals surface area (Å²) in [6.45, 7) is 4.75. The second-order valence-electron chi connectivity index (χ2n) is 5.67. The van der Waals surface area contributed by atoms with Gasteiger partial charge in [-0.15, -0.1) is 0 Å². The molecule has 5 heteroatoms. The molecule has 0 aromatic heterocycles. The van der Waals surface area contributed by atoms with Crippen molar-refractivity contribution in [3.05, 3.63) is 28.2 Å². The van der Waals surface area contributed by atoms with Gasteiger partial charge in [-0.2, -0.15) is 0 Å². The number of amides is 1. The van der Waals surface area contributed by atoms with E-state index in [1.54, 1.807) is 17.0 Å². The number of benzene rings is 1. The third kappa shape index (κ3) is 2.40. The van der Waals surface area contributed by atoms with Crippen LogP contribution in [-0.4, -0.2) is 36.3 Å². The van der Waals surface area contributed by atoms with E-state index in [2.05, 4.69) is 27.8 Å². The molecule has 0 atom stereocenters. The summed E-state index contributed by atoms with van der Waals surface area (Å²) in [6, 6.07) is 5.37. The van der Waals surface area contributed by atoms with Gasteiger partial charge in [0.15, 0.2) is 0 Å². The van der Waals surface area contributed by atoms with Crippen LogP contribution in [0, 0.1) is 5.92 Å². The van der Waals surface area contributed by atoms with E-state index >= 15 is 0 Å². The Morgan fingerprint density at radius 3 is 2.65 bits per heavy atom. The maximum absolute atomic E-state index is 12.1. The van der Waals surface area contributed by atoms with Gasteiger partial charge in [0.05, 0.1) is 17.9 Å². The van der Waals surface area contributed by atoms with Crippen molar-refractivity contribution in [2.24, 2.45) is 5.92 Å². The van der Waals surface area contributed by atoms with Crippen molar-refractivity contribution in [3.8, 4) is 0 Å². The standard InChI is InChI=1S/C15H17BrN2O2/c1-10-4-6-17(7-5-10)9-18-13-8-11(16)2-3-12(13)14(19)15(18)20/h2-3,8,10H,4-7,9H2,1H3. The molecular formula is C15H17BrN2O2. The molecule has 1 fully saturated rings. The fourth-order valence-electron chi connectivity index (χ4n) is 2.81. The van der Waals surface area contributed by atoms with Gasteiger partial charge in [-0.05, 0) is 37.0 Å². The van der Waals surface area contributed by atoms with Crippen molar-refractivity contribution >= 4 is 33.3 Å². The van der Waals surface area contributed by atoms with E-state index in [9.17, 15) is 9.59 Å². The number of hydrogen-bond donors (Lipinski definition) is 0. The number of Topliss-reactive ketones (excluding diaryl/α,β-unsaturated/α-hetero) is 1. The average Bonchev–Trinajstić information content (AvgIpc) is 2.66. The number of nitrogens with zero attached hydrogens (tertiary/aromatic N) is 2. The molecule has 0 aliphatic carbocycles. The Kier molecular flexibility index (Phi) is 3.65. The summed E-state index contributed by atoms with van der Waals surface area (Å²) in [7, 11) is 0. The number of piperidine rings is 1. The first-order valence-corrected chi connectivity index (χ1v) is 7.73. The number of ketones is 1. The lowest BCUT2D eigenvalue weighted by Gasteiger charge is -2.33. The number of hydrogen-bond acceptors (Lipinski definition) is 3. The lowest BCUT2D eigenvalue weighted by atomic mass is 10.00. The van der Waals surface area contributed by atoms with E-state index in [1.165, 1.54) is 0 Å². The number of carbonyl (C=O) groups excluding carboxylic acids is 2. The lowest BCUT2D eigenvalue weighted by Crippen LogP contribution is -2.44. The third-order valence-corrected chi connectivity index (χ3v) is 4.65. The van der Waals surface area contributed by atoms with Crippen LogP contribution in [0.3, 0.4) is 0 Å². The molecule has 0 N–H and O–H groups in total. The van der Waals surface area contributed by atoms with Gasteiger partial charge in [-0.3, -0.25) is 19.4 Å². The lowest BCUT2D eigenvalue weighted by molar-refractivity contribution is -0.114. The fourth-order valence-corrected chi connectivity index (χ4v) is 3.16. The van der Waals surface area contributed by atoms with Gasteiger partial charge in [-0.1, -0.05) is 22.9 Å². The number of likely N-dealkylation sites (tertiary alicyclic amines) is 1. The van der Waals surface area contributed by atoms with Crippen LogP contribution < -0.4 is 4.90 Å². The quantitative estimate of drug-likeness (QED) is 0.779. The Hall–Kier alpha value is -1.20. The predicted octanol–water partition coefficient (Wildman–Crippen LogP) is 2.67. The van der Waals surface area contributed by atoms with Crippen LogP contribution in [0.15, 0.2) is 22.7 Å². The Morgan fingerprint density at radius 2 is 1.95 bits per heavy atom. The van der Waals surface area contributed by atoms with Crippen LogP contribution in [0.2, 0.25) is 0 Å². The Labute approximate surface area is 126 Å². The number of fused-ring (bicyclic) bond motifs is 1. The molecule has 0 bridgehead atoms. The number of rotatable bonds is 2. The SMILES string of the molecule is CC1CCN(CN2C(=O)C(=O)c3ccc(Br)cc32)CC1. The molecule has 0 radical (unpaired) electrons. The number of halogens is 1. The van der Waals surface area contributed by atoms with Crippen molar-refractivity contribution in [2.45, 2.75) is 19.8 Å². The van der Waals surface area contributed by atoms with Crippen molar-refractivity contribution < 1.29 is 9.59 Å². The zero-order chi connectivity index (χ0) is 14.3. The second-order valence-corrected chi connectivity index (χ2v) is 6.58. The Balaban J connectivity index is 1.82. The smallest absolute Gasteiger partial charge is 0.291 e. The zero-order valence-electron chi connectivity index (χ0n) is 11.4. The first-order chi connectivity index (χ1) is 9.56. The molecule has 1 aromatic rings. The molecule has 20 heavy (non-hydrogen) atoms. The average molecular weight is 337 g/mol. The van der Waals surface area contributed by atoms with Gasteiger partial charge in [-0.25, -0.2) is 0 Å². The fraction of sp³-hybridized carbons (Fsp3) is 0.467. The molecule has 0 saturated carbocycles. The van der Waals surface area contributed by atoms with Gasteiger partial charge in [0.2, 0.25) is 0 Å². The number of anilines is 1. The van der Waals surface area contributed by atoms with Gasteiger partial charge in [0.25, 0.3) is 5.78 Å². The highest BCUT2D eigenvalue weighted by Gasteiger charge is 2.36. The molecule has 2 heterocycles. The van der Waals surface area contributed by atoms with Crippen LogP contribution >= 0.6 is 15.9 Å². The third-order valence-electron chi connectivity index (χ3n) is 4.15. The van der Waals surface area contributed by atoms with Gasteiger partial charge in [0, 0.05) is 17.6 Å². The molecule has 0 unspecified atom stereocenters. The van der Waals surface area contributed by atoms with Crippen LogP contribution in [0.1, 0.15) is 30.1 Å². The summed E-state index contributed by atoms with van der Waals surface area (Å²) >= 11 is 3.40. The summed E-state index contributed by atoms with van der Waals surface area (Å²) in [4.78, 5) is 28.0. The minimum absolute atomic E-state index is 0.391. The largest absolute Gasteiger partial charge is 0.300 e. The zero-order valence-corrected chi connectivity index (χ0v) is 13.0. The molecule has 4 nitrogen and oxygen atoms in total. The molecule has 1 saturated heterocycles. The van der Waals surface area contributed by atoms with Crippen LogP contribution in [0.5, 0.6) is 0 Å². The van der Waals surface area contributed by atoms with E-state index in [1.807, 2.05) is 6.07 Å². The van der Waals surface area contributed by atoms with E-state index in [0.29, 0.717) is 12.2 Å². The monoisotopic (exact) mass is 336 g/mol. The normalized spacial score (nSPS) is 20.6. The molecule has 106 valence electrons. The first-order valence-electron chi connectivity index (χ1n) is 6.94. The van der Waals surface area contributed by atoms with Gasteiger partial charge >= 0.3 is 5.91 Å². The maximum Gasteiger partial charge on any atom is 0.300 e. The first kappa shape index (κ1) is 13.8. The van der Waals surface area contributed by atoms with Crippen LogP contribution in [0.4, 0.5) is 5.69 Å². The minimum atomic E-state index is -0.406. The van der Waals surface area contributed by atoms with Crippen LogP contribution in [-0.2, 0) is 4.79 Å². The van der Waals surface area contributed by atoms with E-state index in [0.717, 1.165) is 42.0 Å². The van der Waals surface area contributed by atoms with Crippen molar-refractivity contribution in [3.63, 3.8) is 0 Å². The Morgan fingerprint density at radius 1 is 1.25 bits per heavy atom. The molecule has 1 aromatic carbocycles. The predicted molar refractivity (Wildman–Crippen MR) is 80.8 cm³/mol. The summed E-state index contributed by atoms with van der Waals surface area (Å²) < 4.78 is 0.885. The Bertz CT molecular complexity index is 565. The van der Waals surface area contributed by atoms with E-state index in [4.69, 9.17) is 0 Å². The molecule has 2 aliphatic rings. The minimum Gasteiger partial charge on any atom is -0.291 e. The van der Waals surface area contributed by atoms with Gasteiger partial charge < -0.3 is 0 Å². The summed E-state index contributed by atoms with van der Waals surface area (Å²) in [6.07, 6.45) is 2.31.